The Labute approximate surface area is 122 Å². The maximum Gasteiger partial charge on any atom is 0.420 e. The van der Waals surface area contributed by atoms with Gasteiger partial charge >= 0.3 is 6.18 Å². The van der Waals surface area contributed by atoms with Crippen molar-refractivity contribution in [1.82, 2.24) is 0 Å². The van der Waals surface area contributed by atoms with Gasteiger partial charge in [0.25, 0.3) is 0 Å². The van der Waals surface area contributed by atoms with Crippen LogP contribution in [0.4, 0.5) is 13.2 Å². The predicted molar refractivity (Wildman–Crippen MR) is 76.6 cm³/mol. The quantitative estimate of drug-likeness (QED) is 0.635. The number of benzene rings is 1. The first-order valence-corrected chi connectivity index (χ1v) is 7.24. The molecule has 1 fully saturated rings. The molecule has 0 aliphatic heterocycles. The fourth-order valence-corrected chi connectivity index (χ4v) is 2.92. The maximum absolute atomic E-state index is 13.4. The van der Waals surface area contributed by atoms with Gasteiger partial charge in [-0.3, -0.25) is 0 Å². The minimum atomic E-state index is -4.39. The summed E-state index contributed by atoms with van der Waals surface area (Å²) in [5, 5.41) is 0.608. The minimum absolute atomic E-state index is 0.0191. The van der Waals surface area contributed by atoms with Gasteiger partial charge in [-0.1, -0.05) is 20.8 Å². The van der Waals surface area contributed by atoms with E-state index in [1.165, 1.54) is 6.07 Å². The van der Waals surface area contributed by atoms with E-state index in [9.17, 15) is 13.2 Å². The van der Waals surface area contributed by atoms with E-state index in [1.807, 2.05) is 33.8 Å². The topological polar surface area (TPSA) is 13.1 Å². The molecular weight excluding hydrogens is 277 g/mol. The second kappa shape index (κ2) is 4.28. The first-order valence-electron chi connectivity index (χ1n) is 7.24. The summed E-state index contributed by atoms with van der Waals surface area (Å²) in [6.45, 7) is 7.70. The maximum atomic E-state index is 13.4. The third-order valence-corrected chi connectivity index (χ3v) is 4.10. The van der Waals surface area contributed by atoms with Crippen LogP contribution in [0, 0.1) is 6.92 Å². The van der Waals surface area contributed by atoms with Crippen molar-refractivity contribution in [2.45, 2.75) is 58.0 Å². The summed E-state index contributed by atoms with van der Waals surface area (Å²) in [6, 6.07) is 3.16. The minimum Gasteiger partial charge on any atom is -0.460 e. The molecule has 0 unspecified atom stereocenters. The van der Waals surface area contributed by atoms with E-state index in [0.29, 0.717) is 11.1 Å². The van der Waals surface area contributed by atoms with E-state index in [2.05, 4.69) is 0 Å². The van der Waals surface area contributed by atoms with Gasteiger partial charge in [-0.15, -0.1) is 0 Å². The fraction of sp³-hybridized carbons (Fsp3) is 0.529. The Morgan fingerprint density at radius 2 is 1.71 bits per heavy atom. The van der Waals surface area contributed by atoms with Crippen LogP contribution in [-0.4, -0.2) is 0 Å². The lowest BCUT2D eigenvalue weighted by Crippen LogP contribution is -2.11. The summed E-state index contributed by atoms with van der Waals surface area (Å²) in [5.74, 6) is 0.916. The van der Waals surface area contributed by atoms with Crippen molar-refractivity contribution in [3.05, 3.63) is 34.6 Å². The van der Waals surface area contributed by atoms with Crippen LogP contribution in [0.5, 0.6) is 0 Å². The molecule has 1 saturated carbocycles. The van der Waals surface area contributed by atoms with E-state index >= 15 is 0 Å². The number of alkyl halides is 3. The van der Waals surface area contributed by atoms with E-state index in [0.717, 1.165) is 24.0 Å². The number of furan rings is 1. The highest BCUT2D eigenvalue weighted by Gasteiger charge is 2.38. The van der Waals surface area contributed by atoms with Gasteiger partial charge < -0.3 is 4.42 Å². The summed E-state index contributed by atoms with van der Waals surface area (Å²) >= 11 is 0. The first-order chi connectivity index (χ1) is 9.59. The molecular formula is C17H19F3O. The van der Waals surface area contributed by atoms with Crippen LogP contribution in [0.1, 0.15) is 62.0 Å². The second-order valence-corrected chi connectivity index (χ2v) is 7.02. The molecule has 1 aromatic carbocycles. The average Bonchev–Trinajstić information content (AvgIpc) is 3.11. The van der Waals surface area contributed by atoms with Gasteiger partial charge in [0.1, 0.15) is 11.3 Å². The molecule has 1 heterocycles. The molecule has 114 valence electrons. The van der Waals surface area contributed by atoms with Gasteiger partial charge in [0, 0.05) is 10.8 Å². The highest BCUT2D eigenvalue weighted by atomic mass is 19.4. The molecule has 3 rings (SSSR count). The zero-order valence-corrected chi connectivity index (χ0v) is 12.7. The van der Waals surface area contributed by atoms with Crippen LogP contribution in [-0.2, 0) is 11.6 Å². The number of fused-ring (bicyclic) bond motifs is 1. The van der Waals surface area contributed by atoms with E-state index in [-0.39, 0.29) is 16.9 Å². The highest BCUT2D eigenvalue weighted by molar-refractivity contribution is 5.86. The van der Waals surface area contributed by atoms with Crippen molar-refractivity contribution in [2.24, 2.45) is 0 Å². The molecule has 0 N–H and O–H groups in total. The van der Waals surface area contributed by atoms with Gasteiger partial charge in [-0.2, -0.15) is 13.2 Å². The molecule has 1 aromatic heterocycles. The van der Waals surface area contributed by atoms with Gasteiger partial charge in [0.15, 0.2) is 0 Å². The predicted octanol–water partition coefficient (Wildman–Crippen LogP) is 5.93. The smallest absolute Gasteiger partial charge is 0.420 e. The summed E-state index contributed by atoms with van der Waals surface area (Å²) in [4.78, 5) is 0. The standard InChI is InChI=1S/C17H19F3O/c1-9-12-7-11(10-5-6-10)8-13(17(18,19)20)14(12)21-15(9)16(2,3)4/h7-8,10H,5-6H2,1-4H3. The van der Waals surface area contributed by atoms with Crippen LogP contribution in [0.25, 0.3) is 11.0 Å². The zero-order valence-electron chi connectivity index (χ0n) is 12.7. The van der Waals surface area contributed by atoms with Crippen molar-refractivity contribution in [3.8, 4) is 0 Å². The zero-order chi connectivity index (χ0) is 15.6. The Morgan fingerprint density at radius 3 is 2.19 bits per heavy atom. The molecule has 4 heteroatoms. The highest BCUT2D eigenvalue weighted by Crippen LogP contribution is 2.46. The van der Waals surface area contributed by atoms with E-state index < -0.39 is 11.7 Å². The summed E-state index contributed by atoms with van der Waals surface area (Å²) < 4.78 is 45.7. The van der Waals surface area contributed by atoms with Crippen LogP contribution in [0.2, 0.25) is 0 Å². The Balaban J connectivity index is 2.33. The lowest BCUT2D eigenvalue weighted by molar-refractivity contribution is -0.136. The Morgan fingerprint density at radius 1 is 1.10 bits per heavy atom. The Kier molecular flexibility index (Phi) is 2.95. The molecule has 0 saturated heterocycles. The summed E-state index contributed by atoms with van der Waals surface area (Å²) in [5.41, 5.74) is 0.644. The molecule has 1 aliphatic rings. The molecule has 0 bridgehead atoms. The van der Waals surface area contributed by atoms with Crippen LogP contribution in [0.3, 0.4) is 0 Å². The van der Waals surface area contributed by atoms with Gasteiger partial charge in [0.2, 0.25) is 0 Å². The summed E-state index contributed by atoms with van der Waals surface area (Å²) in [7, 11) is 0. The average molecular weight is 296 g/mol. The van der Waals surface area contributed by atoms with Crippen molar-refractivity contribution in [1.29, 1.82) is 0 Å². The van der Waals surface area contributed by atoms with Crippen molar-refractivity contribution < 1.29 is 17.6 Å². The number of hydrogen-bond donors (Lipinski definition) is 0. The van der Waals surface area contributed by atoms with Crippen LogP contribution < -0.4 is 0 Å². The molecule has 1 nitrogen and oxygen atoms in total. The largest absolute Gasteiger partial charge is 0.460 e. The molecule has 0 atom stereocenters. The third-order valence-electron chi connectivity index (χ3n) is 4.10. The number of hydrogen-bond acceptors (Lipinski definition) is 1. The lowest BCUT2D eigenvalue weighted by Gasteiger charge is -2.15. The van der Waals surface area contributed by atoms with Crippen molar-refractivity contribution >= 4 is 11.0 Å². The monoisotopic (exact) mass is 296 g/mol. The van der Waals surface area contributed by atoms with Gasteiger partial charge in [-0.25, -0.2) is 0 Å². The van der Waals surface area contributed by atoms with Crippen molar-refractivity contribution in [3.63, 3.8) is 0 Å². The normalized spacial score (nSPS) is 16.7. The molecule has 0 radical (unpaired) electrons. The second-order valence-electron chi connectivity index (χ2n) is 7.02. The number of rotatable bonds is 1. The molecule has 2 aromatic rings. The van der Waals surface area contributed by atoms with Gasteiger partial charge in [0.05, 0.1) is 5.56 Å². The number of aryl methyl sites for hydroxylation is 1. The van der Waals surface area contributed by atoms with Gasteiger partial charge in [-0.05, 0) is 48.9 Å². The SMILES string of the molecule is Cc1c(C(C)(C)C)oc2c(C(F)(F)F)cc(C3CC3)cc12. The van der Waals surface area contributed by atoms with E-state index in [4.69, 9.17) is 4.42 Å². The lowest BCUT2D eigenvalue weighted by atomic mass is 9.90. The molecule has 21 heavy (non-hydrogen) atoms. The molecule has 0 spiro atoms. The summed E-state index contributed by atoms with van der Waals surface area (Å²) in [6.07, 6.45) is -2.43. The van der Waals surface area contributed by atoms with Crippen LogP contribution >= 0.6 is 0 Å². The van der Waals surface area contributed by atoms with Crippen LogP contribution in [0.15, 0.2) is 16.5 Å². The van der Waals surface area contributed by atoms with Crippen molar-refractivity contribution in [2.75, 3.05) is 0 Å². The first kappa shape index (κ1) is 14.5. The Bertz CT molecular complexity index is 697. The number of halogens is 3. The third kappa shape index (κ3) is 2.45. The fourth-order valence-electron chi connectivity index (χ4n) is 2.92. The Hall–Kier alpha value is -1.45. The molecule has 0 amide bonds. The van der Waals surface area contributed by atoms with E-state index in [1.54, 1.807) is 0 Å². The molecule has 1 aliphatic carbocycles.